The van der Waals surface area contributed by atoms with Crippen LogP contribution in [0.5, 0.6) is 11.5 Å². The lowest BCUT2D eigenvalue weighted by Gasteiger charge is -2.23. The van der Waals surface area contributed by atoms with Crippen molar-refractivity contribution in [3.8, 4) is 28.8 Å². The summed E-state index contributed by atoms with van der Waals surface area (Å²) >= 11 is 0. The van der Waals surface area contributed by atoms with Gasteiger partial charge in [-0.25, -0.2) is 18.4 Å². The normalized spacial score (nSPS) is 13.1. The Hall–Kier alpha value is -4.30. The van der Waals surface area contributed by atoms with Crippen LogP contribution in [-0.2, 0) is 19.6 Å². The first-order valence-electron chi connectivity index (χ1n) is 11.8. The second-order valence-corrected chi connectivity index (χ2v) is 10.5. The topological polar surface area (TPSA) is 161 Å². The smallest absolute Gasteiger partial charge is 0.243 e. The summed E-state index contributed by atoms with van der Waals surface area (Å²) in [5.41, 5.74) is 1.12. The molecule has 14 heteroatoms. The van der Waals surface area contributed by atoms with Crippen LogP contribution in [0.4, 0.5) is 5.95 Å². The predicted octanol–water partition coefficient (Wildman–Crippen LogP) is 3.04. The number of benzene rings is 1. The van der Waals surface area contributed by atoms with E-state index in [2.05, 4.69) is 24.9 Å². The molecule has 0 saturated carbocycles. The molecule has 3 aromatic heterocycles. The summed E-state index contributed by atoms with van der Waals surface area (Å²) in [6.45, 7) is 4.64. The zero-order chi connectivity index (χ0) is 28.2. The zero-order valence-corrected chi connectivity index (χ0v) is 22.8. The van der Waals surface area contributed by atoms with E-state index in [-0.39, 0.29) is 24.2 Å². The maximum absolute atomic E-state index is 13.7. The first-order chi connectivity index (χ1) is 18.7. The summed E-state index contributed by atoms with van der Waals surface area (Å²) in [7, 11) is -1.29. The molecule has 206 valence electrons. The second kappa shape index (κ2) is 11.6. The fraction of sp³-hybridized carbons (Fsp3) is 0.320. The van der Waals surface area contributed by atoms with Gasteiger partial charge >= 0.3 is 0 Å². The highest BCUT2D eigenvalue weighted by atomic mass is 32.2. The van der Waals surface area contributed by atoms with Crippen molar-refractivity contribution < 1.29 is 31.8 Å². The van der Waals surface area contributed by atoms with Crippen LogP contribution in [0.3, 0.4) is 0 Å². The van der Waals surface area contributed by atoms with E-state index in [1.165, 1.54) is 38.1 Å². The lowest BCUT2D eigenvalue weighted by atomic mass is 10.2. The Kier molecular flexibility index (Phi) is 8.26. The molecule has 1 N–H and O–H groups in total. The molecule has 0 radical (unpaired) electrons. The number of methoxy groups -OCH3 is 2. The van der Waals surface area contributed by atoms with E-state index in [0.717, 1.165) is 5.56 Å². The molecule has 3 heterocycles. The quantitative estimate of drug-likeness (QED) is 0.255. The maximum atomic E-state index is 13.7. The van der Waals surface area contributed by atoms with E-state index < -0.39 is 21.4 Å². The number of ether oxygens (including phenoxy) is 3. The molecule has 4 aromatic rings. The number of para-hydroxylation sites is 1. The number of nitrogens with zero attached hydrogens (tertiary/aromatic N) is 5. The molecule has 0 bridgehead atoms. The zero-order valence-electron chi connectivity index (χ0n) is 22.0. The fourth-order valence-electron chi connectivity index (χ4n) is 3.82. The molecule has 0 saturated heterocycles. The van der Waals surface area contributed by atoms with Gasteiger partial charge in [0, 0.05) is 12.4 Å². The van der Waals surface area contributed by atoms with E-state index in [1.807, 2.05) is 0 Å². The molecule has 1 aromatic carbocycles. The van der Waals surface area contributed by atoms with Crippen LogP contribution in [0.2, 0.25) is 0 Å². The van der Waals surface area contributed by atoms with Crippen molar-refractivity contribution in [2.24, 2.45) is 0 Å². The summed E-state index contributed by atoms with van der Waals surface area (Å²) in [6.07, 6.45) is 2.44. The van der Waals surface area contributed by atoms with Crippen molar-refractivity contribution in [2.75, 3.05) is 25.5 Å². The first-order valence-corrected chi connectivity index (χ1v) is 13.3. The molecule has 0 fully saturated rings. The molecular formula is C25H28N6O7S. The Morgan fingerprint density at radius 1 is 1.05 bits per heavy atom. The number of furan rings is 1. The molecular weight excluding hydrogens is 528 g/mol. The van der Waals surface area contributed by atoms with Crippen LogP contribution >= 0.6 is 0 Å². The van der Waals surface area contributed by atoms with Crippen LogP contribution in [0, 0.1) is 13.8 Å². The standard InChI is InChI=1S/C25H28N6O7S/c1-15-13-26-23(27-14-15)22(37-12-11-32)17(3)39(33,34)30-25-29-28-24(20-10-9-16(2)38-20)31(25)21-18(35-4)7-6-8-19(21)36-5/h6-11,13-14,17,22H,12H2,1-5H3,(H,29,30)/t17-,22+/m1/s1. The molecule has 0 unspecified atom stereocenters. The summed E-state index contributed by atoms with van der Waals surface area (Å²) in [4.78, 5) is 19.4. The number of nitrogens with one attached hydrogen (secondary N) is 1. The number of aryl methyl sites for hydroxylation is 2. The van der Waals surface area contributed by atoms with Gasteiger partial charge < -0.3 is 23.4 Å². The molecule has 0 aliphatic carbocycles. The van der Waals surface area contributed by atoms with Crippen LogP contribution in [0.15, 0.2) is 47.1 Å². The van der Waals surface area contributed by atoms with Gasteiger partial charge in [0.05, 0.1) is 14.2 Å². The van der Waals surface area contributed by atoms with E-state index in [0.29, 0.717) is 35.0 Å². The third kappa shape index (κ3) is 5.76. The Labute approximate surface area is 225 Å². The highest BCUT2D eigenvalue weighted by Crippen LogP contribution is 2.38. The molecule has 0 aliphatic heterocycles. The molecule has 13 nitrogen and oxygen atoms in total. The average molecular weight is 557 g/mol. The molecule has 2 atom stereocenters. The van der Waals surface area contributed by atoms with Crippen molar-refractivity contribution in [1.82, 2.24) is 24.7 Å². The predicted molar refractivity (Wildman–Crippen MR) is 140 cm³/mol. The molecule has 0 spiro atoms. The fourth-order valence-corrected chi connectivity index (χ4v) is 4.92. The first kappa shape index (κ1) is 27.7. The minimum atomic E-state index is -4.24. The van der Waals surface area contributed by atoms with Crippen LogP contribution in [0.25, 0.3) is 17.3 Å². The Morgan fingerprint density at radius 2 is 1.72 bits per heavy atom. The van der Waals surface area contributed by atoms with Crippen molar-refractivity contribution in [1.29, 1.82) is 0 Å². The van der Waals surface area contributed by atoms with Gasteiger partial charge in [0.25, 0.3) is 0 Å². The number of hydrogen-bond acceptors (Lipinski definition) is 11. The lowest BCUT2D eigenvalue weighted by Crippen LogP contribution is -2.34. The molecule has 4 rings (SSSR count). The molecule has 0 amide bonds. The molecule has 0 aliphatic rings. The van der Waals surface area contributed by atoms with Gasteiger partial charge in [-0.05, 0) is 50.6 Å². The number of anilines is 1. The molecule has 39 heavy (non-hydrogen) atoms. The lowest BCUT2D eigenvalue weighted by molar-refractivity contribution is -0.114. The van der Waals surface area contributed by atoms with Gasteiger partial charge in [0.1, 0.15) is 47.2 Å². The number of sulfonamides is 1. The van der Waals surface area contributed by atoms with E-state index in [4.69, 9.17) is 18.6 Å². The van der Waals surface area contributed by atoms with Crippen molar-refractivity contribution in [2.45, 2.75) is 32.1 Å². The second-order valence-electron chi connectivity index (χ2n) is 8.50. The number of aromatic nitrogens is 5. The van der Waals surface area contributed by atoms with Crippen LogP contribution in [-0.4, -0.2) is 65.5 Å². The summed E-state index contributed by atoms with van der Waals surface area (Å²) < 4.78 is 53.8. The average Bonchev–Trinajstić information content (AvgIpc) is 3.54. The Bertz CT molecular complexity index is 1530. The third-order valence-corrected chi connectivity index (χ3v) is 7.49. The largest absolute Gasteiger partial charge is 0.494 e. The minimum absolute atomic E-state index is 0.111. The maximum Gasteiger partial charge on any atom is 0.243 e. The number of hydrogen-bond donors (Lipinski definition) is 1. The van der Waals surface area contributed by atoms with Gasteiger partial charge in [-0.1, -0.05) is 6.07 Å². The summed E-state index contributed by atoms with van der Waals surface area (Å²) in [5.74, 6) is 1.85. The van der Waals surface area contributed by atoms with Gasteiger partial charge in [-0.15, -0.1) is 10.2 Å². The van der Waals surface area contributed by atoms with Crippen LogP contribution in [0.1, 0.15) is 30.2 Å². The van der Waals surface area contributed by atoms with Crippen LogP contribution < -0.4 is 14.2 Å². The number of carbonyl (C=O) groups excluding carboxylic acids is 1. The van der Waals surface area contributed by atoms with Gasteiger partial charge in [-0.3, -0.25) is 9.29 Å². The highest BCUT2D eigenvalue weighted by Gasteiger charge is 2.36. The highest BCUT2D eigenvalue weighted by molar-refractivity contribution is 7.93. The Morgan fingerprint density at radius 3 is 2.28 bits per heavy atom. The van der Waals surface area contributed by atoms with E-state index in [1.54, 1.807) is 44.2 Å². The van der Waals surface area contributed by atoms with E-state index >= 15 is 0 Å². The summed E-state index contributed by atoms with van der Waals surface area (Å²) in [5, 5.41) is 7.09. The summed E-state index contributed by atoms with van der Waals surface area (Å²) in [6, 6.07) is 8.54. The monoisotopic (exact) mass is 556 g/mol. The Balaban J connectivity index is 1.82. The van der Waals surface area contributed by atoms with E-state index in [9.17, 15) is 13.2 Å². The van der Waals surface area contributed by atoms with Crippen molar-refractivity contribution >= 4 is 22.3 Å². The van der Waals surface area contributed by atoms with Crippen molar-refractivity contribution in [3.05, 3.63) is 59.9 Å². The third-order valence-electron chi connectivity index (χ3n) is 5.80. The minimum Gasteiger partial charge on any atom is -0.494 e. The number of rotatable bonds is 12. The van der Waals surface area contributed by atoms with Gasteiger partial charge in [0.2, 0.25) is 21.8 Å². The van der Waals surface area contributed by atoms with Gasteiger partial charge in [0.15, 0.2) is 11.6 Å². The SMILES string of the molecule is COc1cccc(OC)c1-n1c(NS(=O)(=O)[C@H](C)[C@H](OCC=O)c2ncc(C)cn2)nnc1-c1ccc(C)o1. The van der Waals surface area contributed by atoms with Gasteiger partial charge in [-0.2, -0.15) is 0 Å². The van der Waals surface area contributed by atoms with Crippen molar-refractivity contribution in [3.63, 3.8) is 0 Å². The number of aldehydes is 1. The number of carbonyl (C=O) groups is 1.